The van der Waals surface area contributed by atoms with Gasteiger partial charge in [-0.15, -0.1) is 0 Å². The predicted octanol–water partition coefficient (Wildman–Crippen LogP) is 5.47. The van der Waals surface area contributed by atoms with Crippen molar-refractivity contribution >= 4 is 22.0 Å². The Balaban J connectivity index is 1.83. The molecule has 0 saturated heterocycles. The monoisotopic (exact) mass is 423 g/mol. The van der Waals surface area contributed by atoms with Gasteiger partial charge in [-0.3, -0.25) is 4.99 Å². The minimum Gasteiger partial charge on any atom is -0.490 e. The van der Waals surface area contributed by atoms with Crippen LogP contribution in [-0.2, 0) is 16.5 Å². The van der Waals surface area contributed by atoms with Gasteiger partial charge in [0.1, 0.15) is 4.90 Å². The van der Waals surface area contributed by atoms with Gasteiger partial charge < -0.3 is 8.92 Å². The Bertz CT molecular complexity index is 1120. The van der Waals surface area contributed by atoms with Crippen molar-refractivity contribution in [2.24, 2.45) is 4.99 Å². The van der Waals surface area contributed by atoms with Crippen LogP contribution in [0.1, 0.15) is 30.5 Å². The Kier molecular flexibility index (Phi) is 6.90. The van der Waals surface area contributed by atoms with Crippen LogP contribution in [0, 0.1) is 6.92 Å². The molecule has 0 aliphatic heterocycles. The van der Waals surface area contributed by atoms with Crippen LogP contribution in [0.15, 0.2) is 76.6 Å². The Morgan fingerprint density at radius 2 is 1.60 bits per heavy atom. The first-order chi connectivity index (χ1) is 14.4. The first-order valence-electron chi connectivity index (χ1n) is 9.82. The number of ether oxygens (including phenoxy) is 1. The van der Waals surface area contributed by atoms with E-state index in [0.29, 0.717) is 12.4 Å². The highest BCUT2D eigenvalue weighted by Crippen LogP contribution is 2.31. The molecule has 0 amide bonds. The Morgan fingerprint density at radius 3 is 2.23 bits per heavy atom. The number of aryl methyl sites for hydroxylation is 2. The minimum absolute atomic E-state index is 0.0942. The van der Waals surface area contributed by atoms with E-state index >= 15 is 0 Å². The summed E-state index contributed by atoms with van der Waals surface area (Å²) in [7, 11) is -3.96. The van der Waals surface area contributed by atoms with Crippen molar-refractivity contribution in [3.05, 3.63) is 83.4 Å². The molecule has 0 aromatic heterocycles. The van der Waals surface area contributed by atoms with Crippen LogP contribution in [0.3, 0.4) is 0 Å². The van der Waals surface area contributed by atoms with Crippen LogP contribution in [0.4, 0.5) is 5.69 Å². The second kappa shape index (κ2) is 9.59. The molecule has 3 rings (SSSR count). The molecule has 30 heavy (non-hydrogen) atoms. The third kappa shape index (κ3) is 5.48. The molecule has 6 heteroatoms. The van der Waals surface area contributed by atoms with Crippen molar-refractivity contribution in [1.82, 2.24) is 0 Å². The van der Waals surface area contributed by atoms with Crippen LogP contribution in [-0.4, -0.2) is 21.2 Å². The highest BCUT2D eigenvalue weighted by molar-refractivity contribution is 7.87. The number of rotatable bonds is 8. The van der Waals surface area contributed by atoms with Crippen LogP contribution >= 0.6 is 0 Å². The lowest BCUT2D eigenvalue weighted by Gasteiger charge is -2.12. The van der Waals surface area contributed by atoms with Gasteiger partial charge in [-0.05, 0) is 73.9 Å². The van der Waals surface area contributed by atoms with Gasteiger partial charge in [-0.25, -0.2) is 0 Å². The molecule has 3 aromatic rings. The summed E-state index contributed by atoms with van der Waals surface area (Å²) in [5, 5.41) is 0. The largest absolute Gasteiger partial charge is 0.490 e. The highest BCUT2D eigenvalue weighted by Gasteiger charge is 2.19. The zero-order valence-electron chi connectivity index (χ0n) is 17.3. The van der Waals surface area contributed by atoms with E-state index in [-0.39, 0.29) is 10.6 Å². The van der Waals surface area contributed by atoms with Gasteiger partial charge in [0.15, 0.2) is 11.5 Å². The van der Waals surface area contributed by atoms with E-state index < -0.39 is 10.1 Å². The molecule has 5 nitrogen and oxygen atoms in total. The minimum atomic E-state index is -3.96. The summed E-state index contributed by atoms with van der Waals surface area (Å²) in [5.74, 6) is 0.486. The van der Waals surface area contributed by atoms with Gasteiger partial charge in [-0.1, -0.05) is 36.8 Å². The van der Waals surface area contributed by atoms with E-state index in [9.17, 15) is 8.42 Å². The molecule has 0 bridgehead atoms. The van der Waals surface area contributed by atoms with E-state index in [4.69, 9.17) is 8.92 Å². The average Bonchev–Trinajstić information content (AvgIpc) is 2.74. The van der Waals surface area contributed by atoms with Crippen LogP contribution in [0.5, 0.6) is 11.5 Å². The molecule has 0 fully saturated rings. The molecule has 0 unspecified atom stereocenters. The SMILES string of the molecule is CCOc1cc(C=Nc2ccc(CC)cc2)ccc1OS(=O)(=O)c1ccc(C)cc1. The standard InChI is InChI=1S/C24H25NO4S/c1-4-19-8-11-21(12-9-19)25-17-20-10-15-23(24(16-20)28-5-2)29-30(26,27)22-13-6-18(3)7-14-22/h6-17H,4-5H2,1-3H3. The van der Waals surface area contributed by atoms with Crippen LogP contribution in [0.25, 0.3) is 0 Å². The Morgan fingerprint density at radius 1 is 0.900 bits per heavy atom. The molecule has 0 spiro atoms. The molecule has 0 heterocycles. The van der Waals surface area contributed by atoms with Crippen molar-refractivity contribution in [3.63, 3.8) is 0 Å². The van der Waals surface area contributed by atoms with Crippen molar-refractivity contribution in [1.29, 1.82) is 0 Å². The number of nitrogens with zero attached hydrogens (tertiary/aromatic N) is 1. The molecular weight excluding hydrogens is 398 g/mol. The van der Waals surface area contributed by atoms with Gasteiger partial charge in [-0.2, -0.15) is 8.42 Å². The lowest BCUT2D eigenvalue weighted by molar-refractivity contribution is 0.327. The predicted molar refractivity (Wildman–Crippen MR) is 120 cm³/mol. The van der Waals surface area contributed by atoms with Crippen molar-refractivity contribution in [2.45, 2.75) is 32.1 Å². The molecule has 156 valence electrons. The lowest BCUT2D eigenvalue weighted by atomic mass is 10.1. The molecule has 0 aliphatic carbocycles. The first-order valence-corrected chi connectivity index (χ1v) is 11.2. The number of aliphatic imine (C=N–C) groups is 1. The summed E-state index contributed by atoms with van der Waals surface area (Å²) in [6, 6.07) is 19.6. The summed E-state index contributed by atoms with van der Waals surface area (Å²) in [6.45, 7) is 6.20. The van der Waals surface area contributed by atoms with Crippen molar-refractivity contribution in [3.8, 4) is 11.5 Å². The van der Waals surface area contributed by atoms with Gasteiger partial charge in [0, 0.05) is 6.21 Å². The normalized spacial score (nSPS) is 11.6. The second-order valence-corrected chi connectivity index (χ2v) is 8.31. The second-order valence-electron chi connectivity index (χ2n) is 6.77. The van der Waals surface area contributed by atoms with Gasteiger partial charge in [0.05, 0.1) is 12.3 Å². The zero-order valence-corrected chi connectivity index (χ0v) is 18.1. The fourth-order valence-corrected chi connectivity index (χ4v) is 3.72. The van der Waals surface area contributed by atoms with Gasteiger partial charge in [0.2, 0.25) is 0 Å². The van der Waals surface area contributed by atoms with Gasteiger partial charge in [0.25, 0.3) is 0 Å². The number of benzene rings is 3. The topological polar surface area (TPSA) is 65.0 Å². The Hall–Kier alpha value is -3.12. The smallest absolute Gasteiger partial charge is 0.339 e. The van der Waals surface area contributed by atoms with Crippen LogP contribution < -0.4 is 8.92 Å². The quantitative estimate of drug-likeness (QED) is 0.356. The summed E-state index contributed by atoms with van der Waals surface area (Å²) < 4.78 is 36.2. The molecule has 0 N–H and O–H groups in total. The maximum Gasteiger partial charge on any atom is 0.339 e. The molecule has 0 radical (unpaired) electrons. The van der Waals surface area contributed by atoms with E-state index in [1.165, 1.54) is 17.7 Å². The summed E-state index contributed by atoms with van der Waals surface area (Å²) in [5.41, 5.74) is 3.84. The van der Waals surface area contributed by atoms with E-state index in [2.05, 4.69) is 11.9 Å². The molecule has 0 aliphatic rings. The third-order valence-corrected chi connectivity index (χ3v) is 5.73. The lowest BCUT2D eigenvalue weighted by Crippen LogP contribution is -2.11. The Labute approximate surface area is 178 Å². The number of hydrogen-bond acceptors (Lipinski definition) is 5. The van der Waals surface area contributed by atoms with E-state index in [1.807, 2.05) is 38.1 Å². The average molecular weight is 424 g/mol. The summed E-state index contributed by atoms with van der Waals surface area (Å²) in [4.78, 5) is 4.57. The van der Waals surface area contributed by atoms with Crippen LogP contribution in [0.2, 0.25) is 0 Å². The molecule has 0 atom stereocenters. The maximum absolute atomic E-state index is 12.6. The molecule has 0 saturated carbocycles. The summed E-state index contributed by atoms with van der Waals surface area (Å²) >= 11 is 0. The highest BCUT2D eigenvalue weighted by atomic mass is 32.2. The van der Waals surface area contributed by atoms with E-state index in [1.54, 1.807) is 36.5 Å². The van der Waals surface area contributed by atoms with Crippen molar-refractivity contribution in [2.75, 3.05) is 6.61 Å². The fraction of sp³-hybridized carbons (Fsp3) is 0.208. The first kappa shape index (κ1) is 21.6. The van der Waals surface area contributed by atoms with Gasteiger partial charge >= 0.3 is 10.1 Å². The summed E-state index contributed by atoms with van der Waals surface area (Å²) in [6.07, 6.45) is 2.69. The van der Waals surface area contributed by atoms with E-state index in [0.717, 1.165) is 23.2 Å². The van der Waals surface area contributed by atoms with Crippen molar-refractivity contribution < 1.29 is 17.3 Å². The maximum atomic E-state index is 12.6. The molecular formula is C24H25NO4S. The third-order valence-electron chi connectivity index (χ3n) is 4.48. The molecule has 3 aromatic carbocycles. The number of hydrogen-bond donors (Lipinski definition) is 0. The zero-order chi connectivity index (χ0) is 21.6. The fourth-order valence-electron chi connectivity index (χ4n) is 2.78.